The Morgan fingerprint density at radius 1 is 0.700 bits per heavy atom. The van der Waals surface area contributed by atoms with E-state index in [9.17, 15) is 23.8 Å². The van der Waals surface area contributed by atoms with Crippen LogP contribution in [-0.4, -0.2) is 59.9 Å². The maximum atomic E-state index is 12.3. The van der Waals surface area contributed by atoms with Crippen molar-refractivity contribution in [2.24, 2.45) is 5.73 Å². The summed E-state index contributed by atoms with van der Waals surface area (Å²) in [5.74, 6) is -2.48. The highest BCUT2D eigenvalue weighted by atomic mass is 31.2. The van der Waals surface area contributed by atoms with Gasteiger partial charge < -0.3 is 25.2 Å². The molecule has 3 unspecified atom stereocenters. The molecular formula is C28H54NO10P. The molecule has 0 radical (unpaired) electrons. The zero-order valence-electron chi connectivity index (χ0n) is 24.7. The molecule has 12 heteroatoms. The van der Waals surface area contributed by atoms with Gasteiger partial charge in [0, 0.05) is 12.8 Å². The lowest BCUT2D eigenvalue weighted by molar-refractivity contribution is -0.161. The van der Waals surface area contributed by atoms with Gasteiger partial charge in [-0.25, -0.2) is 4.57 Å². The number of carboxylic acids is 1. The molecule has 0 aliphatic carbocycles. The van der Waals surface area contributed by atoms with Crippen molar-refractivity contribution in [1.29, 1.82) is 0 Å². The van der Waals surface area contributed by atoms with Crippen molar-refractivity contribution in [3.63, 3.8) is 0 Å². The van der Waals surface area contributed by atoms with Gasteiger partial charge in [-0.1, -0.05) is 110 Å². The summed E-state index contributed by atoms with van der Waals surface area (Å²) in [5.41, 5.74) is 5.24. The molecule has 11 nitrogen and oxygen atoms in total. The van der Waals surface area contributed by atoms with E-state index in [2.05, 4.69) is 11.4 Å². The van der Waals surface area contributed by atoms with Gasteiger partial charge in [0.15, 0.2) is 6.10 Å². The molecule has 4 N–H and O–H groups in total. The van der Waals surface area contributed by atoms with Crippen LogP contribution in [0.15, 0.2) is 0 Å². The Hall–Kier alpha value is -1.52. The van der Waals surface area contributed by atoms with Crippen molar-refractivity contribution in [3.05, 3.63) is 0 Å². The highest BCUT2D eigenvalue weighted by molar-refractivity contribution is 7.47. The number of hydrogen-bond donors (Lipinski definition) is 3. The van der Waals surface area contributed by atoms with Crippen molar-refractivity contribution in [2.45, 2.75) is 142 Å². The van der Waals surface area contributed by atoms with Crippen LogP contribution in [0.25, 0.3) is 0 Å². The molecular weight excluding hydrogens is 541 g/mol. The Kier molecular flexibility index (Phi) is 24.3. The second kappa shape index (κ2) is 25.2. The summed E-state index contributed by atoms with van der Waals surface area (Å²) in [6, 6.07) is -1.51. The van der Waals surface area contributed by atoms with Gasteiger partial charge in [-0.05, 0) is 6.42 Å². The van der Waals surface area contributed by atoms with Crippen LogP contribution in [0.5, 0.6) is 0 Å². The second-order valence-corrected chi connectivity index (χ2v) is 11.7. The Balaban J connectivity index is 4.06. The van der Waals surface area contributed by atoms with E-state index in [-0.39, 0.29) is 19.4 Å². The van der Waals surface area contributed by atoms with E-state index >= 15 is 0 Å². The number of aliphatic carboxylic acids is 1. The van der Waals surface area contributed by atoms with E-state index in [0.717, 1.165) is 19.3 Å². The summed E-state index contributed by atoms with van der Waals surface area (Å²) >= 11 is 0. The van der Waals surface area contributed by atoms with Gasteiger partial charge in [0.05, 0.1) is 13.2 Å². The largest absolute Gasteiger partial charge is 0.480 e. The topological polar surface area (TPSA) is 172 Å². The number of carbonyl (C=O) groups is 3. The van der Waals surface area contributed by atoms with Crippen molar-refractivity contribution in [2.75, 3.05) is 19.8 Å². The number of phosphoric ester groups is 1. The minimum atomic E-state index is -4.67. The molecule has 0 amide bonds. The molecule has 3 atom stereocenters. The molecule has 0 aromatic carbocycles. The Labute approximate surface area is 240 Å². The highest BCUT2D eigenvalue weighted by Crippen LogP contribution is 2.43. The van der Waals surface area contributed by atoms with E-state index in [0.29, 0.717) is 6.42 Å². The summed E-state index contributed by atoms with van der Waals surface area (Å²) < 4.78 is 31.6. The summed E-state index contributed by atoms with van der Waals surface area (Å²) in [7, 11) is -4.67. The molecule has 0 aliphatic heterocycles. The number of carboxylic acid groups (broad SMARTS) is 1. The second-order valence-electron chi connectivity index (χ2n) is 10.2. The van der Waals surface area contributed by atoms with Crippen LogP contribution < -0.4 is 5.73 Å². The van der Waals surface area contributed by atoms with Gasteiger partial charge in [-0.2, -0.15) is 0 Å². The Morgan fingerprint density at radius 2 is 1.15 bits per heavy atom. The van der Waals surface area contributed by atoms with Crippen molar-refractivity contribution < 1.29 is 47.5 Å². The van der Waals surface area contributed by atoms with Gasteiger partial charge in [0.1, 0.15) is 12.6 Å². The predicted octanol–water partition coefficient (Wildman–Crippen LogP) is 6.05. The van der Waals surface area contributed by atoms with Gasteiger partial charge >= 0.3 is 25.7 Å². The third kappa shape index (κ3) is 24.3. The fraction of sp³-hybridized carbons (Fsp3) is 0.893. The van der Waals surface area contributed by atoms with E-state index in [1.165, 1.54) is 77.0 Å². The molecule has 0 aromatic rings. The molecule has 0 rings (SSSR count). The smallest absolute Gasteiger partial charge is 0.472 e. The lowest BCUT2D eigenvalue weighted by Crippen LogP contribution is -2.34. The normalized spacial score (nSPS) is 14.3. The molecule has 40 heavy (non-hydrogen) atoms. The van der Waals surface area contributed by atoms with Gasteiger partial charge in [-0.3, -0.25) is 23.4 Å². The molecule has 0 saturated carbocycles. The molecule has 0 bridgehead atoms. The summed E-state index contributed by atoms with van der Waals surface area (Å²) in [4.78, 5) is 44.2. The third-order valence-corrected chi connectivity index (χ3v) is 7.36. The van der Waals surface area contributed by atoms with Gasteiger partial charge in [0.2, 0.25) is 0 Å². The molecule has 0 heterocycles. The number of esters is 2. The quantitative estimate of drug-likeness (QED) is 0.0546. The van der Waals surface area contributed by atoms with Crippen LogP contribution in [0.1, 0.15) is 129 Å². The van der Waals surface area contributed by atoms with E-state index in [1.54, 1.807) is 6.92 Å². The van der Waals surface area contributed by atoms with Crippen LogP contribution in [0.4, 0.5) is 0 Å². The standard InChI is InChI=1S/C28H54NO10P/c1-3-5-6-7-8-9-10-11-12-13-14-15-16-17-18-19-20-27(31)39-24(21-36-26(30)4-2)22-37-40(34,35)38-23-25(29)28(32)33/h24-25H,3-23,29H2,1-2H3,(H,32,33)(H,34,35). The monoisotopic (exact) mass is 595 g/mol. The number of ether oxygens (including phenoxy) is 2. The summed E-state index contributed by atoms with van der Waals surface area (Å²) in [6.07, 6.45) is 18.7. The zero-order valence-corrected chi connectivity index (χ0v) is 25.6. The van der Waals surface area contributed by atoms with Crippen LogP contribution in [0, 0.1) is 0 Å². The molecule has 236 valence electrons. The fourth-order valence-corrected chi connectivity index (χ4v) is 4.70. The third-order valence-electron chi connectivity index (χ3n) is 6.41. The maximum Gasteiger partial charge on any atom is 0.472 e. The van der Waals surface area contributed by atoms with Crippen LogP contribution >= 0.6 is 7.82 Å². The summed E-state index contributed by atoms with van der Waals surface area (Å²) in [6.45, 7) is 2.15. The van der Waals surface area contributed by atoms with E-state index in [1.807, 2.05) is 0 Å². The molecule has 0 fully saturated rings. The Bertz CT molecular complexity index is 721. The van der Waals surface area contributed by atoms with E-state index < -0.39 is 51.1 Å². The Morgan fingerprint density at radius 3 is 1.60 bits per heavy atom. The van der Waals surface area contributed by atoms with Crippen LogP contribution in [0.3, 0.4) is 0 Å². The number of phosphoric acid groups is 1. The highest BCUT2D eigenvalue weighted by Gasteiger charge is 2.28. The minimum Gasteiger partial charge on any atom is -0.480 e. The molecule has 0 spiro atoms. The van der Waals surface area contributed by atoms with Crippen LogP contribution in [-0.2, 0) is 37.5 Å². The SMILES string of the molecule is CCCCCCCCCCCCCCCCCCC(=O)OC(COC(=O)CC)COP(=O)(O)OCC(N)C(=O)O. The maximum absolute atomic E-state index is 12.3. The predicted molar refractivity (Wildman–Crippen MR) is 153 cm³/mol. The van der Waals surface area contributed by atoms with Crippen molar-refractivity contribution in [3.8, 4) is 0 Å². The lowest BCUT2D eigenvalue weighted by atomic mass is 10.0. The molecule has 0 aliphatic rings. The van der Waals surface area contributed by atoms with Gasteiger partial charge in [0.25, 0.3) is 0 Å². The fourth-order valence-electron chi connectivity index (χ4n) is 3.93. The number of unbranched alkanes of at least 4 members (excludes halogenated alkanes) is 15. The van der Waals surface area contributed by atoms with Crippen molar-refractivity contribution >= 4 is 25.7 Å². The number of nitrogens with two attached hydrogens (primary N) is 1. The van der Waals surface area contributed by atoms with Crippen LogP contribution in [0.2, 0.25) is 0 Å². The zero-order chi connectivity index (χ0) is 30.1. The first-order valence-corrected chi connectivity index (χ1v) is 16.6. The number of rotatable bonds is 28. The molecule has 0 saturated heterocycles. The van der Waals surface area contributed by atoms with Crippen molar-refractivity contribution in [1.82, 2.24) is 0 Å². The molecule has 0 aromatic heterocycles. The lowest BCUT2D eigenvalue weighted by Gasteiger charge is -2.20. The average Bonchev–Trinajstić information content (AvgIpc) is 2.92. The first kappa shape index (κ1) is 38.5. The number of hydrogen-bond acceptors (Lipinski definition) is 9. The minimum absolute atomic E-state index is 0.107. The first-order chi connectivity index (χ1) is 19.1. The van der Waals surface area contributed by atoms with E-state index in [4.69, 9.17) is 24.8 Å². The average molecular weight is 596 g/mol. The number of carbonyl (C=O) groups excluding carboxylic acids is 2. The van der Waals surface area contributed by atoms with Gasteiger partial charge in [-0.15, -0.1) is 0 Å². The summed E-state index contributed by atoms with van der Waals surface area (Å²) in [5, 5.41) is 8.73. The first-order valence-electron chi connectivity index (χ1n) is 15.1.